The highest BCUT2D eigenvalue weighted by atomic mass is 16.7. The molecule has 0 spiro atoms. The molecule has 2 aromatic carbocycles. The van der Waals surface area contributed by atoms with Crippen LogP contribution in [-0.2, 0) is 22.6 Å². The van der Waals surface area contributed by atoms with Crippen molar-refractivity contribution in [3.63, 3.8) is 0 Å². The zero-order valence-corrected chi connectivity index (χ0v) is 11.4. The van der Waals surface area contributed by atoms with Gasteiger partial charge in [0.1, 0.15) is 0 Å². The molecule has 1 saturated heterocycles. The lowest BCUT2D eigenvalue weighted by molar-refractivity contribution is -0.0441. The molecule has 2 aromatic rings. The van der Waals surface area contributed by atoms with E-state index in [0.717, 1.165) is 18.7 Å². The smallest absolute Gasteiger partial charge is 0.184 e. The molecule has 20 heavy (non-hydrogen) atoms. The van der Waals surface area contributed by atoms with Crippen LogP contribution in [0.3, 0.4) is 0 Å². The minimum Gasteiger partial charge on any atom is -0.346 e. The number of rotatable bonds is 5. The Morgan fingerprint density at radius 2 is 1.40 bits per heavy atom. The van der Waals surface area contributed by atoms with E-state index in [1.54, 1.807) is 0 Å². The summed E-state index contributed by atoms with van der Waals surface area (Å²) in [5, 5.41) is 3.44. The highest BCUT2D eigenvalue weighted by Gasteiger charge is 2.17. The second-order valence-corrected chi connectivity index (χ2v) is 4.90. The van der Waals surface area contributed by atoms with Crippen molar-refractivity contribution in [2.75, 3.05) is 13.2 Å². The molecule has 0 bridgehead atoms. The number of nitrogens with one attached hydrogen (secondary N) is 1. The van der Waals surface area contributed by atoms with E-state index in [2.05, 4.69) is 53.8 Å². The predicted octanol–water partition coefficient (Wildman–Crippen LogP) is 3.02. The molecule has 0 radical (unpaired) electrons. The molecule has 1 fully saturated rings. The van der Waals surface area contributed by atoms with Crippen LogP contribution in [0.2, 0.25) is 0 Å². The quantitative estimate of drug-likeness (QED) is 0.905. The van der Waals surface area contributed by atoms with Gasteiger partial charge in [-0.15, -0.1) is 0 Å². The summed E-state index contributed by atoms with van der Waals surface area (Å²) in [5.41, 5.74) is 3.66. The van der Waals surface area contributed by atoms with Crippen LogP contribution in [-0.4, -0.2) is 13.2 Å². The number of ether oxygens (including phenoxy) is 2. The first-order valence-corrected chi connectivity index (χ1v) is 6.98. The monoisotopic (exact) mass is 269 g/mol. The van der Waals surface area contributed by atoms with Crippen molar-refractivity contribution in [3.8, 4) is 0 Å². The van der Waals surface area contributed by atoms with E-state index in [-0.39, 0.29) is 6.29 Å². The average Bonchev–Trinajstić information content (AvgIpc) is 3.03. The molecule has 0 amide bonds. The molecule has 0 saturated carbocycles. The third kappa shape index (κ3) is 3.45. The molecule has 3 heteroatoms. The van der Waals surface area contributed by atoms with Gasteiger partial charge in [-0.05, 0) is 11.1 Å². The standard InChI is InChI=1S/C17H19NO2/c1-2-4-14(5-3-1)12-18-13-15-6-8-16(9-7-15)17-19-10-11-20-17/h1-9,17-18H,10-13H2. The van der Waals surface area contributed by atoms with E-state index in [4.69, 9.17) is 9.47 Å². The van der Waals surface area contributed by atoms with Crippen LogP contribution in [0.1, 0.15) is 23.0 Å². The van der Waals surface area contributed by atoms with Gasteiger partial charge in [0.15, 0.2) is 6.29 Å². The molecule has 0 aromatic heterocycles. The molecular weight excluding hydrogens is 250 g/mol. The van der Waals surface area contributed by atoms with Crippen molar-refractivity contribution in [3.05, 3.63) is 71.3 Å². The van der Waals surface area contributed by atoms with Gasteiger partial charge >= 0.3 is 0 Å². The zero-order valence-electron chi connectivity index (χ0n) is 11.4. The Balaban J connectivity index is 1.50. The van der Waals surface area contributed by atoms with Crippen molar-refractivity contribution in [1.29, 1.82) is 0 Å². The summed E-state index contributed by atoms with van der Waals surface area (Å²) < 4.78 is 11.0. The van der Waals surface area contributed by atoms with Gasteiger partial charge in [0.05, 0.1) is 13.2 Å². The Labute approximate surface area is 119 Å². The van der Waals surface area contributed by atoms with Crippen molar-refractivity contribution in [1.82, 2.24) is 5.32 Å². The summed E-state index contributed by atoms with van der Waals surface area (Å²) in [5.74, 6) is 0. The van der Waals surface area contributed by atoms with E-state index >= 15 is 0 Å². The van der Waals surface area contributed by atoms with Gasteiger partial charge < -0.3 is 14.8 Å². The highest BCUT2D eigenvalue weighted by Crippen LogP contribution is 2.23. The van der Waals surface area contributed by atoms with Crippen molar-refractivity contribution >= 4 is 0 Å². The Bertz CT molecular complexity index is 518. The van der Waals surface area contributed by atoms with Gasteiger partial charge in [0.25, 0.3) is 0 Å². The summed E-state index contributed by atoms with van der Waals surface area (Å²) in [4.78, 5) is 0. The topological polar surface area (TPSA) is 30.5 Å². The second kappa shape index (κ2) is 6.66. The number of benzene rings is 2. The third-order valence-electron chi connectivity index (χ3n) is 3.37. The number of hydrogen-bond acceptors (Lipinski definition) is 3. The zero-order chi connectivity index (χ0) is 13.6. The molecular formula is C17H19NO2. The molecule has 3 rings (SSSR count). The summed E-state index contributed by atoms with van der Waals surface area (Å²) >= 11 is 0. The summed E-state index contributed by atoms with van der Waals surface area (Å²) in [6, 6.07) is 18.8. The van der Waals surface area contributed by atoms with Crippen LogP contribution in [0.15, 0.2) is 54.6 Å². The maximum absolute atomic E-state index is 5.48. The van der Waals surface area contributed by atoms with Gasteiger partial charge in [-0.2, -0.15) is 0 Å². The van der Waals surface area contributed by atoms with E-state index in [0.29, 0.717) is 13.2 Å². The molecule has 0 aliphatic carbocycles. The van der Waals surface area contributed by atoms with Gasteiger partial charge in [-0.3, -0.25) is 0 Å². The Morgan fingerprint density at radius 3 is 2.05 bits per heavy atom. The maximum atomic E-state index is 5.48. The fourth-order valence-corrected chi connectivity index (χ4v) is 2.29. The van der Waals surface area contributed by atoms with Crippen LogP contribution in [0.5, 0.6) is 0 Å². The fourth-order valence-electron chi connectivity index (χ4n) is 2.29. The largest absolute Gasteiger partial charge is 0.346 e. The molecule has 104 valence electrons. The van der Waals surface area contributed by atoms with Crippen LogP contribution in [0, 0.1) is 0 Å². The van der Waals surface area contributed by atoms with E-state index < -0.39 is 0 Å². The van der Waals surface area contributed by atoms with E-state index in [1.165, 1.54) is 11.1 Å². The minimum absolute atomic E-state index is 0.179. The van der Waals surface area contributed by atoms with E-state index in [1.807, 2.05) is 6.07 Å². The summed E-state index contributed by atoms with van der Waals surface area (Å²) in [6.07, 6.45) is -0.179. The Kier molecular flexibility index (Phi) is 4.43. The van der Waals surface area contributed by atoms with Crippen molar-refractivity contribution in [2.24, 2.45) is 0 Å². The molecule has 1 aliphatic rings. The van der Waals surface area contributed by atoms with Crippen LogP contribution in [0.4, 0.5) is 0 Å². The second-order valence-electron chi connectivity index (χ2n) is 4.90. The van der Waals surface area contributed by atoms with Crippen LogP contribution in [0.25, 0.3) is 0 Å². The molecule has 0 unspecified atom stereocenters. The maximum Gasteiger partial charge on any atom is 0.184 e. The first kappa shape index (κ1) is 13.3. The SMILES string of the molecule is c1ccc(CNCc2ccc(C3OCCO3)cc2)cc1. The predicted molar refractivity (Wildman–Crippen MR) is 78.1 cm³/mol. The summed E-state index contributed by atoms with van der Waals surface area (Å²) in [6.45, 7) is 3.12. The first-order chi connectivity index (χ1) is 9.92. The molecule has 0 atom stereocenters. The first-order valence-electron chi connectivity index (χ1n) is 6.98. The van der Waals surface area contributed by atoms with Crippen molar-refractivity contribution < 1.29 is 9.47 Å². The number of hydrogen-bond donors (Lipinski definition) is 1. The average molecular weight is 269 g/mol. The highest BCUT2D eigenvalue weighted by molar-refractivity contribution is 5.24. The lowest BCUT2D eigenvalue weighted by atomic mass is 10.1. The van der Waals surface area contributed by atoms with Gasteiger partial charge in [0.2, 0.25) is 0 Å². The lowest BCUT2D eigenvalue weighted by Gasteiger charge is -2.10. The lowest BCUT2D eigenvalue weighted by Crippen LogP contribution is -2.12. The van der Waals surface area contributed by atoms with Gasteiger partial charge in [-0.1, -0.05) is 54.6 Å². The van der Waals surface area contributed by atoms with Crippen LogP contribution < -0.4 is 5.32 Å². The minimum atomic E-state index is -0.179. The molecule has 1 N–H and O–H groups in total. The molecule has 1 heterocycles. The van der Waals surface area contributed by atoms with Gasteiger partial charge in [0, 0.05) is 18.7 Å². The third-order valence-corrected chi connectivity index (χ3v) is 3.37. The summed E-state index contributed by atoms with van der Waals surface area (Å²) in [7, 11) is 0. The van der Waals surface area contributed by atoms with E-state index in [9.17, 15) is 0 Å². The molecule has 3 nitrogen and oxygen atoms in total. The molecule has 1 aliphatic heterocycles. The van der Waals surface area contributed by atoms with Gasteiger partial charge in [-0.25, -0.2) is 0 Å². The Hall–Kier alpha value is -1.68. The normalized spacial score (nSPS) is 15.6. The Morgan fingerprint density at radius 1 is 0.800 bits per heavy atom. The van der Waals surface area contributed by atoms with Crippen LogP contribution >= 0.6 is 0 Å². The fraction of sp³-hybridized carbons (Fsp3) is 0.294. The van der Waals surface area contributed by atoms with Crippen molar-refractivity contribution in [2.45, 2.75) is 19.4 Å².